The van der Waals surface area contributed by atoms with Gasteiger partial charge < -0.3 is 14.0 Å². The lowest BCUT2D eigenvalue weighted by atomic mass is 10.1. The van der Waals surface area contributed by atoms with Crippen molar-refractivity contribution in [1.82, 2.24) is 14.6 Å². The van der Waals surface area contributed by atoms with E-state index in [0.717, 1.165) is 24.3 Å². The molecule has 1 saturated heterocycles. The van der Waals surface area contributed by atoms with E-state index in [1.807, 2.05) is 13.0 Å². The SMILES string of the molecule is Cc1cc([C@H]2CCCN2C(=O)c2cc(Cl)c(Cl)n2C)on1. The summed E-state index contributed by atoms with van der Waals surface area (Å²) in [6.45, 7) is 2.55. The van der Waals surface area contributed by atoms with Gasteiger partial charge in [-0.2, -0.15) is 0 Å². The predicted octanol–water partition coefficient (Wildman–Crippen LogP) is 3.61. The Kier molecular flexibility index (Phi) is 3.71. The minimum absolute atomic E-state index is 0.0776. The molecule has 1 aliphatic rings. The van der Waals surface area contributed by atoms with E-state index in [2.05, 4.69) is 5.16 Å². The Bertz CT molecular complexity index is 692. The smallest absolute Gasteiger partial charge is 0.271 e. The fraction of sp³-hybridized carbons (Fsp3) is 0.429. The van der Waals surface area contributed by atoms with Crippen LogP contribution in [0.2, 0.25) is 10.2 Å². The molecule has 1 aliphatic heterocycles. The highest BCUT2D eigenvalue weighted by Gasteiger charge is 2.34. The molecule has 0 saturated carbocycles. The number of aryl methyl sites for hydroxylation is 1. The van der Waals surface area contributed by atoms with Gasteiger partial charge in [-0.1, -0.05) is 28.4 Å². The molecule has 0 aliphatic carbocycles. The van der Waals surface area contributed by atoms with Crippen molar-refractivity contribution in [2.24, 2.45) is 7.05 Å². The first-order valence-corrected chi connectivity index (χ1v) is 7.49. The van der Waals surface area contributed by atoms with E-state index >= 15 is 0 Å². The molecule has 0 radical (unpaired) electrons. The Morgan fingerprint density at radius 2 is 2.19 bits per heavy atom. The van der Waals surface area contributed by atoms with Gasteiger partial charge in [-0.3, -0.25) is 4.79 Å². The van der Waals surface area contributed by atoms with Crippen molar-refractivity contribution in [2.45, 2.75) is 25.8 Å². The van der Waals surface area contributed by atoms with Crippen LogP contribution in [0.1, 0.15) is 40.8 Å². The van der Waals surface area contributed by atoms with Crippen LogP contribution in [0.25, 0.3) is 0 Å². The number of hydrogen-bond acceptors (Lipinski definition) is 3. The van der Waals surface area contributed by atoms with Crippen molar-refractivity contribution in [3.63, 3.8) is 0 Å². The van der Waals surface area contributed by atoms with Crippen LogP contribution in [0.4, 0.5) is 0 Å². The highest BCUT2D eigenvalue weighted by molar-refractivity contribution is 6.41. The second kappa shape index (κ2) is 5.39. The number of hydrogen-bond donors (Lipinski definition) is 0. The summed E-state index contributed by atoms with van der Waals surface area (Å²) in [6, 6.07) is 3.40. The molecular formula is C14H15Cl2N3O2. The number of nitrogens with zero attached hydrogens (tertiary/aromatic N) is 3. The van der Waals surface area contributed by atoms with E-state index in [1.165, 1.54) is 0 Å². The third-order valence-electron chi connectivity index (χ3n) is 3.82. The fourth-order valence-electron chi connectivity index (χ4n) is 2.74. The fourth-order valence-corrected chi connectivity index (χ4v) is 3.12. The Morgan fingerprint density at radius 1 is 1.43 bits per heavy atom. The maximum absolute atomic E-state index is 12.7. The second-order valence-electron chi connectivity index (χ2n) is 5.25. The number of amides is 1. The van der Waals surface area contributed by atoms with Crippen LogP contribution in [0.15, 0.2) is 16.7 Å². The largest absolute Gasteiger partial charge is 0.359 e. The highest BCUT2D eigenvalue weighted by atomic mass is 35.5. The van der Waals surface area contributed by atoms with Crippen LogP contribution in [0.5, 0.6) is 0 Å². The van der Waals surface area contributed by atoms with Crippen molar-refractivity contribution in [3.05, 3.63) is 39.5 Å². The van der Waals surface area contributed by atoms with Gasteiger partial charge in [0, 0.05) is 19.7 Å². The zero-order valence-electron chi connectivity index (χ0n) is 11.8. The molecule has 7 heteroatoms. The second-order valence-corrected chi connectivity index (χ2v) is 6.02. The molecule has 1 fully saturated rings. The first-order chi connectivity index (χ1) is 9.99. The van der Waals surface area contributed by atoms with Crippen LogP contribution < -0.4 is 0 Å². The average Bonchev–Trinajstić information content (AvgIpc) is 3.14. The molecule has 0 N–H and O–H groups in total. The van der Waals surface area contributed by atoms with Gasteiger partial charge in [-0.15, -0.1) is 0 Å². The van der Waals surface area contributed by atoms with Crippen molar-refractivity contribution >= 4 is 29.1 Å². The van der Waals surface area contributed by atoms with Crippen molar-refractivity contribution in [2.75, 3.05) is 6.54 Å². The summed E-state index contributed by atoms with van der Waals surface area (Å²) in [4.78, 5) is 14.5. The molecule has 3 heterocycles. The number of halogens is 2. The van der Waals surface area contributed by atoms with Gasteiger partial charge in [-0.25, -0.2) is 0 Å². The zero-order chi connectivity index (χ0) is 15.1. The monoisotopic (exact) mass is 327 g/mol. The Hall–Kier alpha value is -1.46. The van der Waals surface area contributed by atoms with Gasteiger partial charge in [0.25, 0.3) is 5.91 Å². The first-order valence-electron chi connectivity index (χ1n) is 6.74. The highest BCUT2D eigenvalue weighted by Crippen LogP contribution is 2.35. The lowest BCUT2D eigenvalue weighted by molar-refractivity contribution is 0.0705. The first kappa shape index (κ1) is 14.5. The lowest BCUT2D eigenvalue weighted by Gasteiger charge is -2.22. The minimum atomic E-state index is -0.0946. The van der Waals surface area contributed by atoms with E-state index in [-0.39, 0.29) is 11.9 Å². The summed E-state index contributed by atoms with van der Waals surface area (Å²) in [5.74, 6) is 0.632. The number of likely N-dealkylation sites (tertiary alicyclic amines) is 1. The van der Waals surface area contributed by atoms with Crippen LogP contribution >= 0.6 is 23.2 Å². The number of carbonyl (C=O) groups excluding carboxylic acids is 1. The summed E-state index contributed by atoms with van der Waals surface area (Å²) in [6.07, 6.45) is 1.80. The lowest BCUT2D eigenvalue weighted by Crippen LogP contribution is -2.31. The minimum Gasteiger partial charge on any atom is -0.359 e. The molecule has 1 atom stereocenters. The van der Waals surface area contributed by atoms with Crippen LogP contribution in [0, 0.1) is 6.92 Å². The Labute approximate surface area is 132 Å². The van der Waals surface area contributed by atoms with Crippen molar-refractivity contribution < 1.29 is 9.32 Å². The molecule has 2 aromatic heterocycles. The summed E-state index contributed by atoms with van der Waals surface area (Å²) in [5.41, 5.74) is 1.29. The molecule has 0 spiro atoms. The summed E-state index contributed by atoms with van der Waals surface area (Å²) in [5, 5.41) is 4.65. The number of aromatic nitrogens is 2. The van der Waals surface area contributed by atoms with E-state index in [9.17, 15) is 4.79 Å². The Morgan fingerprint density at radius 3 is 2.76 bits per heavy atom. The molecule has 1 amide bonds. The quantitative estimate of drug-likeness (QED) is 0.846. The van der Waals surface area contributed by atoms with Crippen LogP contribution in [-0.2, 0) is 7.05 Å². The maximum atomic E-state index is 12.7. The van der Waals surface area contributed by atoms with Crippen LogP contribution in [0.3, 0.4) is 0 Å². The summed E-state index contributed by atoms with van der Waals surface area (Å²) >= 11 is 12.0. The number of carbonyl (C=O) groups is 1. The third-order valence-corrected chi connectivity index (χ3v) is 4.67. The van der Waals surface area contributed by atoms with E-state index < -0.39 is 0 Å². The standard InChI is InChI=1S/C14H15Cl2N3O2/c1-8-6-12(21-17-8)10-4-3-5-19(10)14(20)11-7-9(15)13(16)18(11)2/h6-7,10H,3-5H2,1-2H3/t10-/m1/s1. The normalized spacial score (nSPS) is 18.5. The summed E-state index contributed by atoms with van der Waals surface area (Å²) < 4.78 is 6.93. The van der Waals surface area contributed by atoms with Crippen molar-refractivity contribution in [3.8, 4) is 0 Å². The van der Waals surface area contributed by atoms with Gasteiger partial charge >= 0.3 is 0 Å². The molecular weight excluding hydrogens is 313 g/mol. The van der Waals surface area contributed by atoms with E-state index in [1.54, 1.807) is 22.6 Å². The predicted molar refractivity (Wildman–Crippen MR) is 79.7 cm³/mol. The van der Waals surface area contributed by atoms with Crippen molar-refractivity contribution in [1.29, 1.82) is 0 Å². The van der Waals surface area contributed by atoms with Crippen LogP contribution in [-0.4, -0.2) is 27.1 Å². The van der Waals surface area contributed by atoms with Gasteiger partial charge in [0.05, 0.1) is 16.8 Å². The molecule has 21 heavy (non-hydrogen) atoms. The zero-order valence-corrected chi connectivity index (χ0v) is 13.3. The number of rotatable bonds is 2. The molecule has 0 unspecified atom stereocenters. The Balaban J connectivity index is 1.91. The third kappa shape index (κ3) is 2.45. The molecule has 0 bridgehead atoms. The van der Waals surface area contributed by atoms with Gasteiger partial charge in [0.1, 0.15) is 10.8 Å². The topological polar surface area (TPSA) is 51.3 Å². The van der Waals surface area contributed by atoms with E-state index in [4.69, 9.17) is 27.7 Å². The van der Waals surface area contributed by atoms with Gasteiger partial charge in [0.2, 0.25) is 0 Å². The maximum Gasteiger partial charge on any atom is 0.271 e. The molecule has 2 aromatic rings. The average molecular weight is 328 g/mol. The molecule has 112 valence electrons. The molecule has 5 nitrogen and oxygen atoms in total. The van der Waals surface area contributed by atoms with Gasteiger partial charge in [-0.05, 0) is 25.8 Å². The summed E-state index contributed by atoms with van der Waals surface area (Å²) in [7, 11) is 1.73. The van der Waals surface area contributed by atoms with E-state index in [0.29, 0.717) is 22.4 Å². The molecule has 0 aromatic carbocycles. The molecule has 3 rings (SSSR count). The van der Waals surface area contributed by atoms with Gasteiger partial charge in [0.15, 0.2) is 5.76 Å².